The fraction of sp³-hybridized carbons (Fsp3) is 0.581. The number of anilines is 1. The fourth-order valence-electron chi connectivity index (χ4n) is 6.67. The first-order chi connectivity index (χ1) is 22.3. The van der Waals surface area contributed by atoms with Crippen LogP contribution in [0, 0.1) is 10.1 Å². The SMILES string of the molecule is C=CCO[C@@H]1[C@@H]2O[Si](C(C)C)(C(C)C)O[Si](C(C)C)(C(C)C)OC[C@H]2O[C@H]1n1cnc2c(Oc3ccccc3[N+](=O)[O-])nc(N)nc21. The summed E-state index contributed by atoms with van der Waals surface area (Å²) in [4.78, 5) is 24.4. The third-order valence-electron chi connectivity index (χ3n) is 8.97. The Balaban J connectivity index is 1.60. The second-order valence-electron chi connectivity index (χ2n) is 13.2. The largest absolute Gasteiger partial charge is 0.429 e. The molecule has 0 aliphatic carbocycles. The van der Waals surface area contributed by atoms with Crippen molar-refractivity contribution in [2.75, 3.05) is 18.9 Å². The number of aromatic nitrogens is 4. The molecule has 0 bridgehead atoms. The van der Waals surface area contributed by atoms with Gasteiger partial charge in [0.25, 0.3) is 5.88 Å². The van der Waals surface area contributed by atoms with Crippen molar-refractivity contribution in [1.82, 2.24) is 19.5 Å². The summed E-state index contributed by atoms with van der Waals surface area (Å²) >= 11 is 0. The van der Waals surface area contributed by atoms with Crippen molar-refractivity contribution in [3.05, 3.63) is 53.4 Å². The number of hydrogen-bond acceptors (Lipinski definition) is 12. The maximum Gasteiger partial charge on any atom is 0.335 e. The van der Waals surface area contributed by atoms with Crippen LogP contribution in [-0.4, -0.2) is 73.1 Å². The van der Waals surface area contributed by atoms with E-state index in [-0.39, 0.29) is 64.2 Å². The van der Waals surface area contributed by atoms with Gasteiger partial charge in [0.2, 0.25) is 11.7 Å². The molecule has 3 aromatic rings. The van der Waals surface area contributed by atoms with Gasteiger partial charge in [0.05, 0.1) is 24.5 Å². The van der Waals surface area contributed by atoms with Crippen molar-refractivity contribution < 1.29 is 32.1 Å². The van der Waals surface area contributed by atoms with Crippen LogP contribution in [0.25, 0.3) is 11.2 Å². The molecule has 2 fully saturated rings. The van der Waals surface area contributed by atoms with Crippen molar-refractivity contribution >= 4 is 39.9 Å². The summed E-state index contributed by atoms with van der Waals surface area (Å²) in [7, 11) is -5.79. The third kappa shape index (κ3) is 6.35. The number of rotatable bonds is 11. The molecule has 0 spiro atoms. The second-order valence-corrected chi connectivity index (χ2v) is 22.1. The highest BCUT2D eigenvalue weighted by Crippen LogP contribution is 2.49. The molecule has 14 nitrogen and oxygen atoms in total. The monoisotopic (exact) mass is 686 g/mol. The van der Waals surface area contributed by atoms with E-state index in [9.17, 15) is 10.1 Å². The van der Waals surface area contributed by atoms with Gasteiger partial charge in [-0.15, -0.1) is 6.58 Å². The molecule has 1 aromatic carbocycles. The van der Waals surface area contributed by atoms with E-state index in [0.29, 0.717) is 5.65 Å². The topological polar surface area (TPSA) is 168 Å². The number of nitro benzene ring substituents is 1. The molecule has 256 valence electrons. The Labute approximate surface area is 277 Å². The minimum absolute atomic E-state index is 0.00791. The lowest BCUT2D eigenvalue weighted by Gasteiger charge is -2.51. The maximum absolute atomic E-state index is 11.6. The highest BCUT2D eigenvalue weighted by Gasteiger charge is 2.62. The second kappa shape index (κ2) is 13.7. The summed E-state index contributed by atoms with van der Waals surface area (Å²) < 4.78 is 42.4. The number of hydrogen-bond donors (Lipinski definition) is 1. The number of nitrogens with two attached hydrogens (primary N) is 1. The normalized spacial score (nSPS) is 24.1. The maximum atomic E-state index is 11.6. The zero-order valence-corrected chi connectivity index (χ0v) is 30.3. The van der Waals surface area contributed by atoms with Crippen LogP contribution in [-0.2, 0) is 22.4 Å². The lowest BCUT2D eigenvalue weighted by molar-refractivity contribution is -0.385. The minimum Gasteiger partial charge on any atom is -0.429 e. The smallest absolute Gasteiger partial charge is 0.335 e. The third-order valence-corrected chi connectivity index (χ3v) is 19.2. The zero-order chi connectivity index (χ0) is 34.3. The predicted molar refractivity (Wildman–Crippen MR) is 181 cm³/mol. The molecule has 2 aromatic heterocycles. The van der Waals surface area contributed by atoms with Crippen LogP contribution in [0.3, 0.4) is 0 Å². The number of nitrogen functional groups attached to an aromatic ring is 1. The van der Waals surface area contributed by atoms with Gasteiger partial charge >= 0.3 is 22.8 Å². The van der Waals surface area contributed by atoms with Crippen LogP contribution >= 0.6 is 0 Å². The Morgan fingerprint density at radius 3 is 2.36 bits per heavy atom. The van der Waals surface area contributed by atoms with Gasteiger partial charge in [-0.05, 0) is 28.2 Å². The molecule has 16 heteroatoms. The predicted octanol–water partition coefficient (Wildman–Crippen LogP) is 6.53. The number of para-hydroxylation sites is 2. The van der Waals surface area contributed by atoms with Crippen molar-refractivity contribution in [3.63, 3.8) is 0 Å². The van der Waals surface area contributed by atoms with E-state index in [0.717, 1.165) is 0 Å². The molecule has 4 atom stereocenters. The highest BCUT2D eigenvalue weighted by molar-refractivity contribution is 6.84. The Morgan fingerprint density at radius 2 is 1.74 bits per heavy atom. The van der Waals surface area contributed by atoms with Crippen LogP contribution in [0.1, 0.15) is 61.6 Å². The molecule has 2 aliphatic heterocycles. The average Bonchev–Trinajstić information content (AvgIpc) is 3.56. The number of nitro groups is 1. The number of ether oxygens (including phenoxy) is 3. The Hall–Kier alpha value is -3.26. The summed E-state index contributed by atoms with van der Waals surface area (Å²) in [6.45, 7) is 21.7. The summed E-state index contributed by atoms with van der Waals surface area (Å²) in [5.74, 6) is -0.146. The first kappa shape index (κ1) is 35.1. The van der Waals surface area contributed by atoms with Gasteiger partial charge < -0.3 is 32.9 Å². The lowest BCUT2D eigenvalue weighted by atomic mass is 10.1. The molecular formula is C31H46N6O8Si2. The molecule has 2 saturated heterocycles. The highest BCUT2D eigenvalue weighted by atomic mass is 28.5. The summed E-state index contributed by atoms with van der Waals surface area (Å²) in [6, 6.07) is 6.00. The van der Waals surface area contributed by atoms with Crippen LogP contribution in [0.2, 0.25) is 22.2 Å². The van der Waals surface area contributed by atoms with Gasteiger partial charge in [-0.2, -0.15) is 9.97 Å². The van der Waals surface area contributed by atoms with Crippen LogP contribution in [0.15, 0.2) is 43.2 Å². The van der Waals surface area contributed by atoms with E-state index in [1.54, 1.807) is 29.1 Å². The number of benzene rings is 1. The van der Waals surface area contributed by atoms with Gasteiger partial charge in [-0.3, -0.25) is 14.7 Å². The molecule has 0 saturated carbocycles. The molecule has 2 N–H and O–H groups in total. The molecule has 0 unspecified atom stereocenters. The molecule has 0 amide bonds. The van der Waals surface area contributed by atoms with Crippen LogP contribution < -0.4 is 10.5 Å². The van der Waals surface area contributed by atoms with Gasteiger partial charge in [0, 0.05) is 6.07 Å². The Bertz CT molecular complexity index is 1590. The first-order valence-corrected chi connectivity index (χ1v) is 20.0. The summed E-state index contributed by atoms with van der Waals surface area (Å²) in [5, 5.41) is 11.6. The Morgan fingerprint density at radius 1 is 1.09 bits per heavy atom. The molecule has 4 heterocycles. The fourth-order valence-corrected chi connectivity index (χ4v) is 17.9. The van der Waals surface area contributed by atoms with Crippen molar-refractivity contribution in [1.29, 1.82) is 0 Å². The molecule has 2 aliphatic rings. The van der Waals surface area contributed by atoms with E-state index >= 15 is 0 Å². The molecule has 0 radical (unpaired) electrons. The molecular weight excluding hydrogens is 641 g/mol. The van der Waals surface area contributed by atoms with E-state index in [1.807, 2.05) is 0 Å². The van der Waals surface area contributed by atoms with E-state index in [1.165, 1.54) is 12.1 Å². The van der Waals surface area contributed by atoms with E-state index in [4.69, 9.17) is 32.9 Å². The molecule has 47 heavy (non-hydrogen) atoms. The summed E-state index contributed by atoms with van der Waals surface area (Å²) in [6.07, 6.45) is 0.803. The average molecular weight is 687 g/mol. The minimum atomic E-state index is -2.99. The number of fused-ring (bicyclic) bond motifs is 2. The quantitative estimate of drug-likeness (QED) is 0.100. The first-order valence-electron chi connectivity index (χ1n) is 16.1. The lowest BCUT2D eigenvalue weighted by Crippen LogP contribution is -2.66. The van der Waals surface area contributed by atoms with E-state index < -0.39 is 46.6 Å². The Kier molecular flexibility index (Phi) is 10.2. The number of imidazole rings is 1. The van der Waals surface area contributed by atoms with Crippen molar-refractivity contribution in [2.24, 2.45) is 0 Å². The van der Waals surface area contributed by atoms with Crippen molar-refractivity contribution in [3.8, 4) is 11.6 Å². The molecule has 5 rings (SSSR count). The summed E-state index contributed by atoms with van der Waals surface area (Å²) in [5.41, 5.74) is 7.04. The zero-order valence-electron chi connectivity index (χ0n) is 28.3. The standard InChI is InChI=1S/C31H46N6O8Si2/c1-10-15-40-27-26-24(16-41-46(18(2)3,19(4)5)45-47(44-26,20(6)7)21(8)9)43-30(27)36-17-33-25-28(36)34-31(32)35-29(25)42-23-14-12-11-13-22(23)37(38)39/h10-14,17-21,24,26-27,30H,1,15-16H2,2-9H3,(H2,32,34,35)/t24-,26-,27-,30-/m1/s1. The van der Waals surface area contributed by atoms with Gasteiger partial charge in [0.15, 0.2) is 17.4 Å². The van der Waals surface area contributed by atoms with Crippen LogP contribution in [0.5, 0.6) is 11.6 Å². The van der Waals surface area contributed by atoms with Gasteiger partial charge in [0.1, 0.15) is 18.3 Å². The van der Waals surface area contributed by atoms with Gasteiger partial charge in [-0.1, -0.05) is 73.6 Å². The number of nitrogens with zero attached hydrogens (tertiary/aromatic N) is 5. The van der Waals surface area contributed by atoms with Crippen molar-refractivity contribution in [2.45, 2.75) is 102 Å². The van der Waals surface area contributed by atoms with Gasteiger partial charge in [-0.25, -0.2) is 4.98 Å². The van der Waals surface area contributed by atoms with E-state index in [2.05, 4.69) is 76.9 Å². The van der Waals surface area contributed by atoms with Crippen LogP contribution in [0.4, 0.5) is 11.6 Å².